The summed E-state index contributed by atoms with van der Waals surface area (Å²) < 4.78 is 7.07. The van der Waals surface area contributed by atoms with E-state index in [2.05, 4.69) is 315 Å². The van der Waals surface area contributed by atoms with E-state index in [0.717, 1.165) is 78.3 Å². The summed E-state index contributed by atoms with van der Waals surface area (Å²) in [6, 6.07) is 105. The lowest BCUT2D eigenvalue weighted by Crippen LogP contribution is -2.16. The molecule has 0 fully saturated rings. The Balaban J connectivity index is 0.806. The fourth-order valence-corrected chi connectivity index (χ4v) is 11.9. The normalized spacial score (nSPS) is 12.3. The molecule has 0 bridgehead atoms. The van der Waals surface area contributed by atoms with Gasteiger partial charge in [0.1, 0.15) is 11.2 Å². The van der Waals surface area contributed by atoms with Crippen molar-refractivity contribution in [2.24, 2.45) is 0 Å². The second-order valence-corrected chi connectivity index (χ2v) is 20.9. The zero-order valence-corrected chi connectivity index (χ0v) is 43.5. The highest BCUT2D eigenvalue weighted by atomic mass is 16.3. The molecule has 3 heteroatoms. The fraction of sp³-hybridized carbons (Fsp3) is 0.0400. The van der Waals surface area contributed by atoms with Gasteiger partial charge in [-0.1, -0.05) is 232 Å². The quantitative estimate of drug-likeness (QED) is 0.129. The van der Waals surface area contributed by atoms with Crippen LogP contribution in [0.15, 0.2) is 296 Å². The minimum absolute atomic E-state index is 0.127. The molecule has 0 unspecified atom stereocenters. The van der Waals surface area contributed by atoms with Gasteiger partial charge in [-0.25, -0.2) is 0 Å². The predicted octanol–water partition coefficient (Wildman–Crippen LogP) is 21.2. The summed E-state index contributed by atoms with van der Waals surface area (Å²) in [5.41, 5.74) is 24.9. The number of fused-ring (bicyclic) bond motifs is 6. The Bertz CT molecular complexity index is 4190. The van der Waals surface area contributed by atoms with Crippen molar-refractivity contribution < 1.29 is 4.42 Å². The van der Waals surface area contributed by atoms with E-state index >= 15 is 0 Å². The van der Waals surface area contributed by atoms with Crippen LogP contribution in [0.3, 0.4) is 0 Å². The molecule has 1 aliphatic rings. The summed E-state index contributed by atoms with van der Waals surface area (Å²) in [6.07, 6.45) is 0. The van der Waals surface area contributed by atoms with Crippen molar-refractivity contribution in [1.82, 2.24) is 0 Å². The molecule has 0 saturated carbocycles. The Morgan fingerprint density at radius 2 is 0.551 bits per heavy atom. The molecule has 0 spiro atoms. The lowest BCUT2D eigenvalue weighted by Gasteiger charge is -2.28. The van der Waals surface area contributed by atoms with Gasteiger partial charge >= 0.3 is 0 Å². The van der Waals surface area contributed by atoms with E-state index in [0.29, 0.717) is 0 Å². The van der Waals surface area contributed by atoms with E-state index in [1.807, 2.05) is 0 Å². The lowest BCUT2D eigenvalue weighted by atomic mass is 9.82. The number of rotatable bonds is 11. The maximum Gasteiger partial charge on any atom is 0.143 e. The average molecular weight is 999 g/mol. The number of hydrogen-bond donors (Lipinski definition) is 0. The third-order valence-electron chi connectivity index (χ3n) is 15.9. The van der Waals surface area contributed by atoms with Gasteiger partial charge in [-0.3, -0.25) is 0 Å². The maximum absolute atomic E-state index is 7.07. The standard InChI is InChI=1S/C75H54N2O/c1-75(2)71-27-13-12-22-67(71)68-49-48-64(50-72(68)75)77(62-42-32-56(33-43-62)53-20-10-5-11-21-53)63-46-36-58(37-47-63)66-24-15-26-70-69-25-14-23-65(73(69)78-74(66)70)57-34-44-61(45-35-57)76(59-38-28-54(29-39-59)51-16-6-3-7-17-51)60-40-30-55(31-41-60)52-18-8-4-9-19-52/h3-50H,1-2H3. The Hall–Kier alpha value is -9.96. The molecule has 0 saturated heterocycles. The summed E-state index contributed by atoms with van der Waals surface area (Å²) in [7, 11) is 0. The largest absolute Gasteiger partial charge is 0.455 e. The molecule has 1 aliphatic carbocycles. The summed E-state index contributed by atoms with van der Waals surface area (Å²) >= 11 is 0. The highest BCUT2D eigenvalue weighted by molar-refractivity contribution is 6.13. The maximum atomic E-state index is 7.07. The topological polar surface area (TPSA) is 19.6 Å². The van der Waals surface area contributed by atoms with E-state index in [4.69, 9.17) is 4.42 Å². The number of furan rings is 1. The van der Waals surface area contributed by atoms with Gasteiger partial charge in [0.2, 0.25) is 0 Å². The monoisotopic (exact) mass is 998 g/mol. The van der Waals surface area contributed by atoms with Crippen LogP contribution < -0.4 is 9.80 Å². The summed E-state index contributed by atoms with van der Waals surface area (Å²) in [6.45, 7) is 4.70. The molecule has 1 aromatic heterocycles. The number of para-hydroxylation sites is 2. The van der Waals surface area contributed by atoms with Gasteiger partial charge < -0.3 is 14.2 Å². The van der Waals surface area contributed by atoms with Crippen LogP contribution in [0.4, 0.5) is 34.1 Å². The van der Waals surface area contributed by atoms with Crippen LogP contribution in [0, 0.1) is 0 Å². The minimum Gasteiger partial charge on any atom is -0.455 e. The van der Waals surface area contributed by atoms with Crippen LogP contribution in [0.5, 0.6) is 0 Å². The first-order valence-corrected chi connectivity index (χ1v) is 26.9. The van der Waals surface area contributed by atoms with Crippen LogP contribution in [0.2, 0.25) is 0 Å². The van der Waals surface area contributed by atoms with Crippen molar-refractivity contribution in [3.05, 3.63) is 302 Å². The minimum atomic E-state index is -0.127. The summed E-state index contributed by atoms with van der Waals surface area (Å²) in [4.78, 5) is 4.72. The molecule has 1 heterocycles. The van der Waals surface area contributed by atoms with E-state index in [9.17, 15) is 0 Å². The molecule has 0 atom stereocenters. The van der Waals surface area contributed by atoms with Crippen LogP contribution in [-0.4, -0.2) is 0 Å². The molecule has 14 rings (SSSR count). The van der Waals surface area contributed by atoms with Crippen LogP contribution in [0.25, 0.3) is 88.7 Å². The molecular formula is C75H54N2O. The SMILES string of the molecule is CC1(C)c2ccccc2-c2ccc(N(c3ccc(-c4ccccc4)cc3)c3ccc(-c4cccc5c4oc4c(-c6ccc(N(c7ccc(-c8ccccc8)cc7)c7ccc(-c8ccccc8)cc7)cc6)cccc45)cc3)cc21. The van der Waals surface area contributed by atoms with Gasteiger partial charge in [0.05, 0.1) is 0 Å². The van der Waals surface area contributed by atoms with Gasteiger partial charge in [-0.2, -0.15) is 0 Å². The van der Waals surface area contributed by atoms with Crippen molar-refractivity contribution >= 4 is 56.1 Å². The van der Waals surface area contributed by atoms with E-state index in [-0.39, 0.29) is 5.41 Å². The summed E-state index contributed by atoms with van der Waals surface area (Å²) in [5, 5.41) is 2.19. The van der Waals surface area contributed by atoms with Crippen molar-refractivity contribution in [3.63, 3.8) is 0 Å². The molecule has 12 aromatic carbocycles. The number of nitrogens with zero attached hydrogens (tertiary/aromatic N) is 2. The molecule has 0 radical (unpaired) electrons. The molecule has 0 aliphatic heterocycles. The highest BCUT2D eigenvalue weighted by Gasteiger charge is 2.36. The highest BCUT2D eigenvalue weighted by Crippen LogP contribution is 2.51. The van der Waals surface area contributed by atoms with E-state index < -0.39 is 0 Å². The van der Waals surface area contributed by atoms with Gasteiger partial charge in [-0.05, 0) is 140 Å². The Morgan fingerprint density at radius 3 is 0.962 bits per heavy atom. The second kappa shape index (κ2) is 19.3. The van der Waals surface area contributed by atoms with Crippen molar-refractivity contribution in [3.8, 4) is 66.8 Å². The fourth-order valence-electron chi connectivity index (χ4n) is 11.9. The van der Waals surface area contributed by atoms with Crippen molar-refractivity contribution in [1.29, 1.82) is 0 Å². The third-order valence-corrected chi connectivity index (χ3v) is 15.9. The van der Waals surface area contributed by atoms with Crippen molar-refractivity contribution in [2.45, 2.75) is 19.3 Å². The lowest BCUT2D eigenvalue weighted by molar-refractivity contribution is 0.660. The smallest absolute Gasteiger partial charge is 0.143 e. The molecule has 0 N–H and O–H groups in total. The third kappa shape index (κ3) is 8.25. The second-order valence-electron chi connectivity index (χ2n) is 20.9. The first-order chi connectivity index (χ1) is 38.4. The molecule has 3 nitrogen and oxygen atoms in total. The molecule has 0 amide bonds. The number of hydrogen-bond acceptors (Lipinski definition) is 3. The van der Waals surface area contributed by atoms with E-state index in [1.54, 1.807) is 0 Å². The van der Waals surface area contributed by atoms with Gasteiger partial charge in [0, 0.05) is 61.4 Å². The van der Waals surface area contributed by atoms with Crippen LogP contribution in [-0.2, 0) is 5.41 Å². The van der Waals surface area contributed by atoms with Gasteiger partial charge in [0.25, 0.3) is 0 Å². The Morgan fingerprint density at radius 1 is 0.244 bits per heavy atom. The molecule has 370 valence electrons. The Kier molecular flexibility index (Phi) is 11.5. The predicted molar refractivity (Wildman–Crippen MR) is 328 cm³/mol. The number of benzene rings is 12. The average Bonchev–Trinajstić information content (AvgIpc) is 4.25. The van der Waals surface area contributed by atoms with Gasteiger partial charge in [-0.15, -0.1) is 0 Å². The van der Waals surface area contributed by atoms with Crippen LogP contribution in [0.1, 0.15) is 25.0 Å². The zero-order valence-electron chi connectivity index (χ0n) is 43.5. The van der Waals surface area contributed by atoms with Crippen LogP contribution >= 0.6 is 0 Å². The number of anilines is 6. The Labute approximate surface area is 456 Å². The summed E-state index contributed by atoms with van der Waals surface area (Å²) in [5.74, 6) is 0. The first kappa shape index (κ1) is 46.6. The van der Waals surface area contributed by atoms with E-state index in [1.165, 1.54) is 55.6 Å². The molecule has 13 aromatic rings. The van der Waals surface area contributed by atoms with Gasteiger partial charge in [0.15, 0.2) is 0 Å². The molecule has 78 heavy (non-hydrogen) atoms. The molecular weight excluding hydrogens is 945 g/mol. The zero-order chi connectivity index (χ0) is 52.2. The first-order valence-electron chi connectivity index (χ1n) is 26.9. The van der Waals surface area contributed by atoms with Crippen molar-refractivity contribution in [2.75, 3.05) is 9.80 Å².